The molecule has 25 heavy (non-hydrogen) atoms. The molecule has 1 aliphatic heterocycles. The molecule has 1 aromatic rings. The number of aliphatic hydroxyl groups excluding tert-OH is 1. The van der Waals surface area contributed by atoms with Gasteiger partial charge in [0.25, 0.3) is 0 Å². The SMILES string of the molecule is CC1CN(CCC(O)C2CCCCC2)CC[C@@]1(C)c1cccc(O)c1. The normalized spacial score (nSPS) is 30.3. The van der Waals surface area contributed by atoms with E-state index in [2.05, 4.69) is 24.8 Å². The third kappa shape index (κ3) is 4.38. The Morgan fingerprint density at radius 3 is 2.68 bits per heavy atom. The largest absolute Gasteiger partial charge is 0.508 e. The quantitative estimate of drug-likeness (QED) is 0.835. The highest BCUT2D eigenvalue weighted by molar-refractivity contribution is 5.33. The lowest BCUT2D eigenvalue weighted by Gasteiger charge is -2.45. The number of hydrogen-bond acceptors (Lipinski definition) is 3. The highest BCUT2D eigenvalue weighted by atomic mass is 16.3. The van der Waals surface area contributed by atoms with Crippen molar-refractivity contribution in [3.8, 4) is 5.75 Å². The molecule has 1 saturated carbocycles. The minimum absolute atomic E-state index is 0.116. The molecular weight excluding hydrogens is 310 g/mol. The van der Waals surface area contributed by atoms with E-state index in [1.165, 1.54) is 37.7 Å². The van der Waals surface area contributed by atoms with E-state index < -0.39 is 0 Å². The van der Waals surface area contributed by atoms with Gasteiger partial charge >= 0.3 is 0 Å². The maximum absolute atomic E-state index is 10.5. The van der Waals surface area contributed by atoms with Gasteiger partial charge in [-0.15, -0.1) is 0 Å². The molecule has 0 radical (unpaired) electrons. The average molecular weight is 346 g/mol. The number of likely N-dealkylation sites (tertiary alicyclic amines) is 1. The first-order valence-corrected chi connectivity index (χ1v) is 10.2. The molecule has 0 spiro atoms. The first kappa shape index (κ1) is 18.7. The van der Waals surface area contributed by atoms with Crippen LogP contribution in [0.3, 0.4) is 0 Å². The maximum Gasteiger partial charge on any atom is 0.115 e. The standard InChI is InChI=1S/C22H35NO2/c1-17-16-23(13-11-21(25)18-7-4-3-5-8-18)14-12-22(17,2)19-9-6-10-20(24)15-19/h6,9-10,15,17-18,21,24-25H,3-5,7-8,11-14,16H2,1-2H3/t17?,21?,22-/m1/s1. The maximum atomic E-state index is 10.5. The van der Waals surface area contributed by atoms with E-state index in [0.717, 1.165) is 32.5 Å². The first-order chi connectivity index (χ1) is 12.0. The summed E-state index contributed by atoms with van der Waals surface area (Å²) in [5.74, 6) is 1.44. The van der Waals surface area contributed by atoms with Gasteiger partial charge in [-0.2, -0.15) is 0 Å². The summed E-state index contributed by atoms with van der Waals surface area (Å²) in [4.78, 5) is 2.53. The van der Waals surface area contributed by atoms with Gasteiger partial charge in [-0.1, -0.05) is 45.2 Å². The van der Waals surface area contributed by atoms with E-state index in [-0.39, 0.29) is 11.5 Å². The average Bonchev–Trinajstić information content (AvgIpc) is 2.63. The van der Waals surface area contributed by atoms with Gasteiger partial charge in [0.2, 0.25) is 0 Å². The molecule has 1 saturated heterocycles. The summed E-state index contributed by atoms with van der Waals surface area (Å²) in [6.07, 6.45) is 8.28. The molecule has 3 nitrogen and oxygen atoms in total. The number of aromatic hydroxyl groups is 1. The second-order valence-corrected chi connectivity index (χ2v) is 8.67. The highest BCUT2D eigenvalue weighted by Gasteiger charge is 2.38. The molecule has 2 unspecified atom stereocenters. The van der Waals surface area contributed by atoms with E-state index in [0.29, 0.717) is 17.6 Å². The van der Waals surface area contributed by atoms with Crippen LogP contribution in [0.25, 0.3) is 0 Å². The second-order valence-electron chi connectivity index (χ2n) is 8.67. The van der Waals surface area contributed by atoms with Crippen LogP contribution in [0.15, 0.2) is 24.3 Å². The Bertz CT molecular complexity index is 555. The molecule has 1 aliphatic carbocycles. The van der Waals surface area contributed by atoms with Crippen LogP contribution in [-0.2, 0) is 5.41 Å². The number of phenolic OH excluding ortho intramolecular Hbond substituents is 1. The summed E-state index contributed by atoms with van der Waals surface area (Å²) in [6.45, 7) is 7.82. The Balaban J connectivity index is 1.53. The predicted octanol–water partition coefficient (Wildman–Crippen LogP) is 4.32. The van der Waals surface area contributed by atoms with Crippen molar-refractivity contribution in [1.82, 2.24) is 4.90 Å². The van der Waals surface area contributed by atoms with Crippen LogP contribution in [0.1, 0.15) is 64.4 Å². The van der Waals surface area contributed by atoms with Crippen molar-refractivity contribution < 1.29 is 10.2 Å². The Labute approximate surface area is 153 Å². The van der Waals surface area contributed by atoms with Gasteiger partial charge in [-0.05, 0) is 67.2 Å². The van der Waals surface area contributed by atoms with Crippen molar-refractivity contribution in [2.75, 3.05) is 19.6 Å². The Kier molecular flexibility index (Phi) is 6.06. The van der Waals surface area contributed by atoms with Gasteiger partial charge in [-0.25, -0.2) is 0 Å². The molecule has 0 bridgehead atoms. The topological polar surface area (TPSA) is 43.7 Å². The lowest BCUT2D eigenvalue weighted by Crippen LogP contribution is -2.48. The van der Waals surface area contributed by atoms with Crippen LogP contribution >= 0.6 is 0 Å². The van der Waals surface area contributed by atoms with Crippen LogP contribution < -0.4 is 0 Å². The molecule has 1 heterocycles. The molecule has 3 rings (SSSR count). The molecule has 2 N–H and O–H groups in total. The molecular formula is C22H35NO2. The van der Waals surface area contributed by atoms with Crippen molar-refractivity contribution in [2.24, 2.45) is 11.8 Å². The van der Waals surface area contributed by atoms with Gasteiger partial charge in [-0.3, -0.25) is 0 Å². The van der Waals surface area contributed by atoms with Gasteiger partial charge in [0.15, 0.2) is 0 Å². The minimum atomic E-state index is -0.116. The molecule has 0 aromatic heterocycles. The fourth-order valence-electron chi connectivity index (χ4n) is 4.88. The number of hydrogen-bond donors (Lipinski definition) is 2. The Hall–Kier alpha value is -1.06. The van der Waals surface area contributed by atoms with Crippen LogP contribution in [-0.4, -0.2) is 40.9 Å². The van der Waals surface area contributed by atoms with Crippen molar-refractivity contribution in [2.45, 2.75) is 70.3 Å². The summed E-state index contributed by atoms with van der Waals surface area (Å²) in [5, 5.41) is 20.4. The zero-order chi connectivity index (χ0) is 17.9. The number of rotatable bonds is 5. The van der Waals surface area contributed by atoms with Crippen LogP contribution in [0.4, 0.5) is 0 Å². The van der Waals surface area contributed by atoms with Crippen LogP contribution in [0.5, 0.6) is 5.75 Å². The fraction of sp³-hybridized carbons (Fsp3) is 0.727. The number of benzene rings is 1. The predicted molar refractivity (Wildman–Crippen MR) is 103 cm³/mol. The van der Waals surface area contributed by atoms with E-state index in [1.807, 2.05) is 12.1 Å². The third-order valence-electron chi connectivity index (χ3n) is 7.01. The Morgan fingerprint density at radius 2 is 2.00 bits per heavy atom. The van der Waals surface area contributed by atoms with Gasteiger partial charge in [0.1, 0.15) is 5.75 Å². The second kappa shape index (κ2) is 8.09. The smallest absolute Gasteiger partial charge is 0.115 e. The highest BCUT2D eigenvalue weighted by Crippen LogP contribution is 2.40. The number of phenols is 1. The van der Waals surface area contributed by atoms with Crippen molar-refractivity contribution >= 4 is 0 Å². The molecule has 1 aromatic carbocycles. The number of nitrogens with zero attached hydrogens (tertiary/aromatic N) is 1. The van der Waals surface area contributed by atoms with E-state index >= 15 is 0 Å². The third-order valence-corrected chi connectivity index (χ3v) is 7.01. The van der Waals surface area contributed by atoms with Crippen molar-refractivity contribution in [1.29, 1.82) is 0 Å². The van der Waals surface area contributed by atoms with Crippen LogP contribution in [0.2, 0.25) is 0 Å². The summed E-state index contributed by atoms with van der Waals surface area (Å²) < 4.78 is 0. The molecule has 2 fully saturated rings. The number of piperidine rings is 1. The summed E-state index contributed by atoms with van der Waals surface area (Å²) in [5.41, 5.74) is 1.37. The zero-order valence-electron chi connectivity index (χ0n) is 16.0. The first-order valence-electron chi connectivity index (χ1n) is 10.2. The Morgan fingerprint density at radius 1 is 1.24 bits per heavy atom. The van der Waals surface area contributed by atoms with E-state index in [1.54, 1.807) is 6.07 Å². The molecule has 3 atom stereocenters. The zero-order valence-corrected chi connectivity index (χ0v) is 16.0. The van der Waals surface area contributed by atoms with E-state index in [4.69, 9.17) is 0 Å². The molecule has 140 valence electrons. The monoisotopic (exact) mass is 345 g/mol. The van der Waals surface area contributed by atoms with Crippen molar-refractivity contribution in [3.05, 3.63) is 29.8 Å². The van der Waals surface area contributed by atoms with Gasteiger partial charge in [0.05, 0.1) is 6.10 Å². The summed E-state index contributed by atoms with van der Waals surface area (Å²) in [7, 11) is 0. The number of aliphatic hydroxyl groups is 1. The van der Waals surface area contributed by atoms with Crippen LogP contribution in [0, 0.1) is 11.8 Å². The lowest BCUT2D eigenvalue weighted by molar-refractivity contribution is 0.0502. The van der Waals surface area contributed by atoms with Crippen molar-refractivity contribution in [3.63, 3.8) is 0 Å². The van der Waals surface area contributed by atoms with Gasteiger partial charge < -0.3 is 15.1 Å². The lowest BCUT2D eigenvalue weighted by atomic mass is 9.68. The minimum Gasteiger partial charge on any atom is -0.508 e. The summed E-state index contributed by atoms with van der Waals surface area (Å²) in [6, 6.07) is 7.78. The summed E-state index contributed by atoms with van der Waals surface area (Å²) >= 11 is 0. The van der Waals surface area contributed by atoms with E-state index in [9.17, 15) is 10.2 Å². The van der Waals surface area contributed by atoms with Gasteiger partial charge in [0, 0.05) is 13.1 Å². The molecule has 0 amide bonds. The molecule has 3 heteroatoms. The fourth-order valence-corrected chi connectivity index (χ4v) is 4.88. The molecule has 2 aliphatic rings.